The van der Waals surface area contributed by atoms with Crippen LogP contribution in [0.25, 0.3) is 0 Å². The third-order valence-corrected chi connectivity index (χ3v) is 5.68. The highest BCUT2D eigenvalue weighted by atomic mass is 19.4. The van der Waals surface area contributed by atoms with Crippen LogP contribution >= 0.6 is 0 Å². The van der Waals surface area contributed by atoms with Gasteiger partial charge in [-0.05, 0) is 29.3 Å². The number of carbonyl (C=O) groups excluding carboxylic acids is 2. The van der Waals surface area contributed by atoms with Gasteiger partial charge in [0.25, 0.3) is 5.91 Å². The van der Waals surface area contributed by atoms with Gasteiger partial charge in [-0.25, -0.2) is 4.79 Å². The largest absolute Gasteiger partial charge is 0.431 e. The van der Waals surface area contributed by atoms with Gasteiger partial charge in [-0.3, -0.25) is 9.69 Å². The van der Waals surface area contributed by atoms with Gasteiger partial charge in [0.15, 0.2) is 0 Å². The average Bonchev–Trinajstić information content (AvgIpc) is 3.15. The molecular formula is C24H24F3N5O3. The summed E-state index contributed by atoms with van der Waals surface area (Å²) in [7, 11) is 3.87. The molecule has 35 heavy (non-hydrogen) atoms. The van der Waals surface area contributed by atoms with Crippen molar-refractivity contribution in [1.82, 2.24) is 15.1 Å². The Labute approximate surface area is 200 Å². The first-order valence-corrected chi connectivity index (χ1v) is 10.8. The molecule has 0 aromatic heterocycles. The summed E-state index contributed by atoms with van der Waals surface area (Å²) in [4.78, 5) is 33.9. The molecule has 2 aliphatic rings. The van der Waals surface area contributed by atoms with Gasteiger partial charge in [0, 0.05) is 46.0 Å². The second kappa shape index (κ2) is 9.69. The lowest BCUT2D eigenvalue weighted by atomic mass is 10.1. The number of rotatable bonds is 6. The molecule has 0 atom stereocenters. The van der Waals surface area contributed by atoms with Crippen LogP contribution in [-0.2, 0) is 28.8 Å². The molecule has 2 aliphatic heterocycles. The molecule has 0 saturated carbocycles. The van der Waals surface area contributed by atoms with Gasteiger partial charge in [0.2, 0.25) is 0 Å². The number of benzene rings is 2. The van der Waals surface area contributed by atoms with E-state index < -0.39 is 23.7 Å². The lowest BCUT2D eigenvalue weighted by Gasteiger charge is -2.23. The molecule has 2 heterocycles. The number of alkyl halides is 3. The Balaban J connectivity index is 1.40. The summed E-state index contributed by atoms with van der Waals surface area (Å²) in [5.41, 5.74) is 1.26. The number of carbonyl (C=O) groups is 2. The number of hydrogen-bond acceptors (Lipinski definition) is 5. The van der Waals surface area contributed by atoms with Gasteiger partial charge in [0.05, 0.1) is 5.56 Å². The number of hydrogen-bond donors (Lipinski definition) is 1. The highest BCUT2D eigenvalue weighted by molar-refractivity contribution is 6.01. The Morgan fingerprint density at radius 2 is 1.83 bits per heavy atom. The summed E-state index contributed by atoms with van der Waals surface area (Å²) in [5, 5.41) is 2.81. The number of nitrogens with one attached hydrogen (secondary N) is 1. The zero-order valence-electron chi connectivity index (χ0n) is 19.2. The molecule has 4 rings (SSSR count). The minimum absolute atomic E-state index is 0.0367. The average molecular weight is 487 g/mol. The monoisotopic (exact) mass is 487 g/mol. The zero-order chi connectivity index (χ0) is 25.2. The van der Waals surface area contributed by atoms with Crippen molar-refractivity contribution in [3.8, 4) is 0 Å². The van der Waals surface area contributed by atoms with Crippen molar-refractivity contribution in [3.63, 3.8) is 0 Å². The van der Waals surface area contributed by atoms with E-state index in [0.717, 1.165) is 17.3 Å². The van der Waals surface area contributed by atoms with Crippen LogP contribution in [0.1, 0.15) is 16.7 Å². The van der Waals surface area contributed by atoms with Crippen molar-refractivity contribution >= 4 is 23.6 Å². The van der Waals surface area contributed by atoms with Gasteiger partial charge in [-0.1, -0.05) is 30.3 Å². The molecule has 2 aromatic rings. The number of urea groups is 1. The van der Waals surface area contributed by atoms with E-state index >= 15 is 0 Å². The number of anilines is 1. The molecule has 11 heteroatoms. The van der Waals surface area contributed by atoms with E-state index in [1.54, 1.807) is 0 Å². The molecule has 0 radical (unpaired) electrons. The van der Waals surface area contributed by atoms with Crippen molar-refractivity contribution in [2.24, 2.45) is 4.99 Å². The van der Waals surface area contributed by atoms with Crippen LogP contribution in [-0.4, -0.2) is 54.9 Å². The first kappa shape index (κ1) is 24.1. The molecule has 2 aromatic carbocycles. The van der Waals surface area contributed by atoms with Crippen LogP contribution in [0.3, 0.4) is 0 Å². The van der Waals surface area contributed by atoms with Crippen LogP contribution in [0.15, 0.2) is 65.5 Å². The number of amides is 3. The van der Waals surface area contributed by atoms with E-state index in [0.29, 0.717) is 0 Å². The third kappa shape index (κ3) is 5.39. The Bertz CT molecular complexity index is 1180. The van der Waals surface area contributed by atoms with E-state index in [9.17, 15) is 22.8 Å². The fourth-order valence-corrected chi connectivity index (χ4v) is 3.76. The highest BCUT2D eigenvalue weighted by Crippen LogP contribution is 2.32. The molecule has 0 bridgehead atoms. The summed E-state index contributed by atoms with van der Waals surface area (Å²) in [6.07, 6.45) is -3.33. The second-order valence-electron chi connectivity index (χ2n) is 8.27. The predicted molar refractivity (Wildman–Crippen MR) is 123 cm³/mol. The van der Waals surface area contributed by atoms with Crippen molar-refractivity contribution in [2.75, 3.05) is 32.1 Å². The van der Waals surface area contributed by atoms with Crippen LogP contribution in [0, 0.1) is 0 Å². The summed E-state index contributed by atoms with van der Waals surface area (Å²) >= 11 is 0. The maximum absolute atomic E-state index is 13.3. The Hall–Kier alpha value is -4.02. The molecule has 0 unspecified atom stereocenters. The van der Waals surface area contributed by atoms with Gasteiger partial charge in [0.1, 0.15) is 12.0 Å². The van der Waals surface area contributed by atoms with Crippen LogP contribution in [0.5, 0.6) is 0 Å². The zero-order valence-corrected chi connectivity index (χ0v) is 19.2. The highest BCUT2D eigenvalue weighted by Gasteiger charge is 2.36. The van der Waals surface area contributed by atoms with Crippen LogP contribution < -0.4 is 10.2 Å². The number of aliphatic imine (C=N–C) groups is 1. The van der Waals surface area contributed by atoms with E-state index in [1.165, 1.54) is 34.3 Å². The molecule has 0 aliphatic carbocycles. The van der Waals surface area contributed by atoms with Gasteiger partial charge >= 0.3 is 18.2 Å². The molecular weight excluding hydrogens is 463 g/mol. The van der Waals surface area contributed by atoms with Crippen molar-refractivity contribution in [3.05, 3.63) is 77.2 Å². The molecule has 8 nitrogen and oxygen atoms in total. The molecule has 184 valence electrons. The first-order chi connectivity index (χ1) is 16.6. The van der Waals surface area contributed by atoms with E-state index in [-0.39, 0.29) is 43.5 Å². The SMILES string of the molecule is CN(C)c1ccc(CNC(=O)C2=COC3=NC(=O)N(Cc4ccccc4C(F)(F)F)CCN23)cc1. The lowest BCUT2D eigenvalue weighted by molar-refractivity contribution is -0.138. The Morgan fingerprint density at radius 1 is 1.11 bits per heavy atom. The van der Waals surface area contributed by atoms with Crippen molar-refractivity contribution < 1.29 is 27.5 Å². The molecule has 0 saturated heterocycles. The molecule has 1 N–H and O–H groups in total. The number of ether oxygens (including phenoxy) is 1. The van der Waals surface area contributed by atoms with Crippen molar-refractivity contribution in [1.29, 1.82) is 0 Å². The summed E-state index contributed by atoms with van der Waals surface area (Å²) in [5.74, 6) is -0.421. The minimum atomic E-state index is -4.54. The van der Waals surface area contributed by atoms with Crippen LogP contribution in [0.2, 0.25) is 0 Å². The van der Waals surface area contributed by atoms with Crippen LogP contribution in [0.4, 0.5) is 23.7 Å². The fourth-order valence-electron chi connectivity index (χ4n) is 3.76. The summed E-state index contributed by atoms with van der Waals surface area (Å²) in [6.45, 7) is 0.199. The van der Waals surface area contributed by atoms with Crippen molar-refractivity contribution in [2.45, 2.75) is 19.3 Å². The van der Waals surface area contributed by atoms with Gasteiger partial charge < -0.3 is 19.9 Å². The second-order valence-corrected chi connectivity index (χ2v) is 8.27. The maximum atomic E-state index is 13.3. The third-order valence-electron chi connectivity index (χ3n) is 5.68. The topological polar surface area (TPSA) is 77.5 Å². The van der Waals surface area contributed by atoms with E-state index in [2.05, 4.69) is 10.3 Å². The number of fused-ring (bicyclic) bond motifs is 1. The van der Waals surface area contributed by atoms with Gasteiger partial charge in [-0.15, -0.1) is 4.99 Å². The summed E-state index contributed by atoms with van der Waals surface area (Å²) < 4.78 is 45.4. The molecule has 0 spiro atoms. The summed E-state index contributed by atoms with van der Waals surface area (Å²) in [6, 6.07) is 12.0. The minimum Gasteiger partial charge on any atom is -0.431 e. The number of nitrogens with zero attached hydrogens (tertiary/aromatic N) is 4. The number of amidine groups is 1. The Kier molecular flexibility index (Phi) is 6.68. The Morgan fingerprint density at radius 3 is 2.51 bits per heavy atom. The first-order valence-electron chi connectivity index (χ1n) is 10.8. The molecule has 3 amide bonds. The van der Waals surface area contributed by atoms with E-state index in [4.69, 9.17) is 4.74 Å². The standard InChI is InChI=1S/C24H24F3N5O3/c1-30(2)18-9-7-16(8-10-18)13-28-21(33)20-15-35-23-29-22(34)31(11-12-32(20)23)14-17-5-3-4-6-19(17)24(25,26)27/h3-10,15H,11-14H2,1-2H3,(H,28,33). The quantitative estimate of drug-likeness (QED) is 0.675. The fraction of sp³-hybridized carbons (Fsp3) is 0.292. The van der Waals surface area contributed by atoms with Gasteiger partial charge in [-0.2, -0.15) is 13.2 Å². The maximum Gasteiger partial charge on any atom is 0.416 e. The number of halogens is 3. The predicted octanol–water partition coefficient (Wildman–Crippen LogP) is 3.55. The van der Waals surface area contributed by atoms with E-state index in [1.807, 2.05) is 43.3 Å². The normalized spacial score (nSPS) is 15.6. The lowest BCUT2D eigenvalue weighted by Crippen LogP contribution is -2.38. The molecule has 0 fully saturated rings. The smallest absolute Gasteiger partial charge is 0.416 e.